The number of ether oxygens (including phenoxy) is 2. The molecular weight excluding hydrogens is 1160 g/mol. The van der Waals surface area contributed by atoms with Gasteiger partial charge in [0.2, 0.25) is 23.7 Å². The number of anilines is 6. The Hall–Kier alpha value is -7.77. The number of alkyl halides is 9. The summed E-state index contributed by atoms with van der Waals surface area (Å²) in [7, 11) is 3.71. The van der Waals surface area contributed by atoms with E-state index in [1.165, 1.54) is 29.8 Å². The highest BCUT2D eigenvalue weighted by Crippen LogP contribution is 2.40. The van der Waals surface area contributed by atoms with Crippen LogP contribution in [-0.2, 0) is 35.0 Å². The highest BCUT2D eigenvalue weighted by molar-refractivity contribution is 6.40. The van der Waals surface area contributed by atoms with Crippen LogP contribution in [0.1, 0.15) is 65.5 Å². The number of nitrogens with one attached hydrogen (secondary N) is 4. The molecule has 0 saturated carbocycles. The smallest absolute Gasteiger partial charge is 0.401 e. The number of aryl methyl sites for hydroxylation is 2. The van der Waals surface area contributed by atoms with Gasteiger partial charge in [-0.25, -0.2) is 24.3 Å². The molecule has 456 valence electrons. The molecule has 10 rings (SSSR count). The average Bonchev–Trinajstić information content (AvgIpc) is 2.56. The fraction of sp³-hybridized carbons (Fsp3) is 0.356. The highest BCUT2D eigenvalue weighted by atomic mass is 35.5. The molecule has 0 spiro atoms. The van der Waals surface area contributed by atoms with Crippen LogP contribution in [-0.4, -0.2) is 113 Å². The predicted molar refractivity (Wildman–Crippen MR) is 318 cm³/mol. The lowest BCUT2D eigenvalue weighted by Gasteiger charge is -2.38. The minimum absolute atomic E-state index is 0. The first-order valence-corrected chi connectivity index (χ1v) is 27.1. The Labute approximate surface area is 497 Å². The number of carbonyl (C=O) groups is 2. The summed E-state index contributed by atoms with van der Waals surface area (Å²) in [4.78, 5) is 42.7. The maximum atomic E-state index is 15.8. The number of hydrogen-bond donors (Lipinski definition) is 5. The molecule has 2 saturated heterocycles. The van der Waals surface area contributed by atoms with Crippen LogP contribution in [0.4, 0.5) is 65.6 Å². The summed E-state index contributed by atoms with van der Waals surface area (Å²) in [6.07, 6.45) is -5.07. The average molecular weight is 1230 g/mol. The number of pyridine rings is 2. The molecule has 2 aliphatic rings. The van der Waals surface area contributed by atoms with E-state index in [1.807, 2.05) is 53.6 Å². The number of hydrogen-bond acceptors (Lipinski definition) is 13. The minimum Gasteiger partial charge on any atom is -0.457 e. The largest absolute Gasteiger partial charge is 0.457 e. The molecule has 6 heterocycles. The van der Waals surface area contributed by atoms with E-state index < -0.39 is 36.7 Å². The third kappa shape index (κ3) is 18.1. The van der Waals surface area contributed by atoms with Crippen LogP contribution in [0.25, 0.3) is 22.1 Å². The van der Waals surface area contributed by atoms with Gasteiger partial charge < -0.3 is 45.0 Å². The van der Waals surface area contributed by atoms with Crippen molar-refractivity contribution in [1.29, 1.82) is 0 Å². The molecule has 0 aliphatic carbocycles. The van der Waals surface area contributed by atoms with E-state index in [1.54, 1.807) is 85.1 Å². The second kappa shape index (κ2) is 28.4. The maximum absolute atomic E-state index is 15.8. The third-order valence-electron chi connectivity index (χ3n) is 13.7. The van der Waals surface area contributed by atoms with Crippen LogP contribution in [0.3, 0.4) is 0 Å². The van der Waals surface area contributed by atoms with Crippen molar-refractivity contribution in [2.45, 2.75) is 78.0 Å². The van der Waals surface area contributed by atoms with Crippen LogP contribution in [0.5, 0.6) is 23.0 Å². The van der Waals surface area contributed by atoms with Gasteiger partial charge in [-0.2, -0.15) is 26.3 Å². The molecular formula is C59H67Cl2F7N12O5. The quantitative estimate of drug-likeness (QED) is 0.0511. The number of imidazole rings is 2. The van der Waals surface area contributed by atoms with Crippen LogP contribution in [0.2, 0.25) is 0 Å². The van der Waals surface area contributed by atoms with E-state index in [4.69, 9.17) is 37.7 Å². The van der Waals surface area contributed by atoms with Gasteiger partial charge in [-0.15, -0.1) is 23.2 Å². The number of nitrogens with zero attached hydrogens (tertiary/aromatic N) is 8. The van der Waals surface area contributed by atoms with Gasteiger partial charge in [0.15, 0.2) is 0 Å². The number of piperidine rings is 2. The highest BCUT2D eigenvalue weighted by Gasteiger charge is 2.41. The van der Waals surface area contributed by atoms with Crippen molar-refractivity contribution in [3.05, 3.63) is 133 Å². The Bertz CT molecular complexity index is 3320. The second-order valence-corrected chi connectivity index (χ2v) is 20.7. The van der Waals surface area contributed by atoms with Gasteiger partial charge in [0, 0.05) is 102 Å². The molecule has 0 radical (unpaired) electrons. The molecule has 2 amide bonds. The summed E-state index contributed by atoms with van der Waals surface area (Å²) in [5, 5.41) is 23.2. The summed E-state index contributed by atoms with van der Waals surface area (Å²) < 4.78 is 108. The maximum Gasteiger partial charge on any atom is 0.401 e. The zero-order valence-electron chi connectivity index (χ0n) is 45.4. The Morgan fingerprint density at radius 3 is 1.39 bits per heavy atom. The molecule has 5 N–H and O–H groups in total. The molecule has 2 fully saturated rings. The topological polar surface area (TPSA) is 189 Å². The first-order valence-electron chi connectivity index (χ1n) is 26.0. The van der Waals surface area contributed by atoms with E-state index in [2.05, 4.69) is 36.2 Å². The van der Waals surface area contributed by atoms with Crippen molar-refractivity contribution in [2.24, 2.45) is 14.1 Å². The normalized spacial score (nSPS) is 14.9. The van der Waals surface area contributed by atoms with Gasteiger partial charge in [0.25, 0.3) is 0 Å². The van der Waals surface area contributed by atoms with Gasteiger partial charge in [0.1, 0.15) is 40.3 Å². The molecule has 17 nitrogen and oxygen atoms in total. The number of fused-ring (bicyclic) bond motifs is 2. The van der Waals surface area contributed by atoms with Crippen LogP contribution < -0.4 is 30.7 Å². The van der Waals surface area contributed by atoms with E-state index in [0.29, 0.717) is 80.1 Å². The zero-order valence-corrected chi connectivity index (χ0v) is 46.9. The lowest BCUT2D eigenvalue weighted by atomic mass is 9.84. The molecule has 2 aliphatic heterocycles. The van der Waals surface area contributed by atoms with Crippen LogP contribution in [0.15, 0.2) is 122 Å². The Morgan fingerprint density at radius 2 is 0.976 bits per heavy atom. The summed E-state index contributed by atoms with van der Waals surface area (Å²) in [6, 6.07) is 31.6. The summed E-state index contributed by atoms with van der Waals surface area (Å²) in [6.45, 7) is 1.21. The van der Waals surface area contributed by atoms with E-state index in [9.17, 15) is 41.0 Å². The van der Waals surface area contributed by atoms with E-state index in [-0.39, 0.29) is 83.9 Å². The van der Waals surface area contributed by atoms with Crippen LogP contribution in [0, 0.1) is 0 Å². The first kappa shape index (κ1) is 66.4. The van der Waals surface area contributed by atoms with Crippen molar-refractivity contribution in [1.82, 2.24) is 38.9 Å². The molecule has 4 aromatic heterocycles. The number of aromatic nitrogens is 6. The summed E-state index contributed by atoms with van der Waals surface area (Å²) in [5.41, 5.74) is 2.51. The molecule has 4 aromatic carbocycles. The molecule has 85 heavy (non-hydrogen) atoms. The zero-order chi connectivity index (χ0) is 59.7. The van der Waals surface area contributed by atoms with Gasteiger partial charge in [-0.1, -0.05) is 39.1 Å². The Balaban J connectivity index is 0.000000255. The number of aliphatic hydroxyl groups is 1. The van der Waals surface area contributed by atoms with E-state index in [0.717, 1.165) is 11.0 Å². The number of benzene rings is 4. The standard InChI is InChI=1S/C28H28F4N6O2.C28H29F3N6O3.CH2Cl2.2CH4/c1-18(39)34-25-16-22(8-11-33-25)40-21-6-7-24-23(15-21)36-26(37(24)2)35-20-5-3-4-19(14-20)27(29)9-12-38(13-10-27)17-28(30,31)32;1-18(38)33-25-16-22(8-11-32-25)40-21-6-7-24-23(15-21)35-26(36(24)2)34-20-5-3-4-19(14-20)27(39)9-12-37(13-10-27)17-28(29,30)31;2-1-3;;/h3-8,11,14-16H,9-10,12-13,17H2,1-2H3,(H,35,36)(H,33,34,39);3-8,11,14-16,39H,9-10,12-13,17H2,1-2H3,(H,34,35)(H,32,33,38);1H2;2*1H4. The van der Waals surface area contributed by atoms with Gasteiger partial charge >= 0.3 is 12.4 Å². The number of halogens is 9. The SMILES string of the molecule is C.C.CC(=O)Nc1cc(Oc2ccc3c(c2)nc(Nc2cccc(C4(F)CCN(CC(F)(F)F)CC4)c2)n3C)ccn1.CC(=O)Nc1cc(Oc2ccc3c(c2)nc(Nc2cccc(C4(O)CCN(CC(F)(F)F)CC4)c2)n3C)ccn1.ClCCl. The van der Waals surface area contributed by atoms with Crippen molar-refractivity contribution in [3.8, 4) is 23.0 Å². The fourth-order valence-electron chi connectivity index (χ4n) is 9.68. The van der Waals surface area contributed by atoms with Crippen molar-refractivity contribution >= 4 is 92.0 Å². The van der Waals surface area contributed by atoms with Crippen molar-refractivity contribution in [3.63, 3.8) is 0 Å². The monoisotopic (exact) mass is 1230 g/mol. The molecule has 0 unspecified atom stereocenters. The fourth-order valence-corrected chi connectivity index (χ4v) is 9.68. The van der Waals surface area contributed by atoms with Gasteiger partial charge in [-0.3, -0.25) is 19.4 Å². The lowest BCUT2D eigenvalue weighted by molar-refractivity contribution is -0.154. The van der Waals surface area contributed by atoms with Gasteiger partial charge in [-0.05, 0) is 97.5 Å². The first-order chi connectivity index (χ1) is 39.4. The molecule has 0 atom stereocenters. The van der Waals surface area contributed by atoms with Crippen LogP contribution >= 0.6 is 23.2 Å². The number of amides is 2. The third-order valence-corrected chi connectivity index (χ3v) is 13.7. The van der Waals surface area contributed by atoms with E-state index >= 15 is 4.39 Å². The lowest BCUT2D eigenvalue weighted by Crippen LogP contribution is -2.45. The summed E-state index contributed by atoms with van der Waals surface area (Å²) >= 11 is 9.53. The number of rotatable bonds is 14. The molecule has 0 bridgehead atoms. The minimum atomic E-state index is -4.30. The summed E-state index contributed by atoms with van der Waals surface area (Å²) in [5.74, 6) is 3.47. The number of carbonyl (C=O) groups excluding carboxylic acids is 2. The second-order valence-electron chi connectivity index (χ2n) is 19.9. The Kier molecular flexibility index (Phi) is 22.2. The predicted octanol–water partition coefficient (Wildman–Crippen LogP) is 14.3. The Morgan fingerprint density at radius 1 is 0.588 bits per heavy atom. The van der Waals surface area contributed by atoms with Crippen molar-refractivity contribution < 1.29 is 54.9 Å². The molecule has 26 heteroatoms. The van der Waals surface area contributed by atoms with Gasteiger partial charge in [0.05, 0.1) is 46.1 Å². The van der Waals surface area contributed by atoms with Crippen molar-refractivity contribution in [2.75, 3.05) is 65.9 Å². The molecule has 8 aromatic rings. The number of likely N-dealkylation sites (tertiary alicyclic amines) is 2.